The van der Waals surface area contributed by atoms with Crippen LogP contribution < -0.4 is 10.1 Å². The largest absolute Gasteiger partial charge is 0.483 e. The number of rotatable bonds is 4. The first-order valence-electron chi connectivity index (χ1n) is 6.82. The van der Waals surface area contributed by atoms with Crippen molar-refractivity contribution in [1.82, 2.24) is 0 Å². The predicted molar refractivity (Wildman–Crippen MR) is 96.6 cm³/mol. The van der Waals surface area contributed by atoms with Crippen LogP contribution in [0.1, 0.15) is 16.7 Å². The van der Waals surface area contributed by atoms with Crippen LogP contribution in [0.2, 0.25) is 0 Å². The van der Waals surface area contributed by atoms with Crippen molar-refractivity contribution >= 4 is 43.5 Å². The highest BCUT2D eigenvalue weighted by molar-refractivity contribution is 9.11. The van der Waals surface area contributed by atoms with Gasteiger partial charge in [0.2, 0.25) is 0 Å². The third kappa shape index (κ3) is 4.34. The van der Waals surface area contributed by atoms with Crippen molar-refractivity contribution in [2.45, 2.75) is 20.8 Å². The predicted octanol–water partition coefficient (Wildman–Crippen LogP) is 5.15. The average Bonchev–Trinajstić information content (AvgIpc) is 2.42. The Hall–Kier alpha value is -1.33. The maximum atomic E-state index is 12.1. The molecule has 0 aliphatic heterocycles. The van der Waals surface area contributed by atoms with Crippen LogP contribution in [-0.4, -0.2) is 12.5 Å². The average molecular weight is 427 g/mol. The first-order chi connectivity index (χ1) is 10.4. The zero-order valence-corrected chi connectivity index (χ0v) is 15.8. The third-order valence-corrected chi connectivity index (χ3v) is 4.31. The van der Waals surface area contributed by atoms with Gasteiger partial charge in [0.05, 0.1) is 4.47 Å². The van der Waals surface area contributed by atoms with E-state index < -0.39 is 0 Å². The molecular weight excluding hydrogens is 410 g/mol. The molecule has 2 aromatic carbocycles. The van der Waals surface area contributed by atoms with Crippen molar-refractivity contribution in [1.29, 1.82) is 0 Å². The fourth-order valence-electron chi connectivity index (χ4n) is 2.29. The van der Waals surface area contributed by atoms with Gasteiger partial charge in [0.1, 0.15) is 5.75 Å². The smallest absolute Gasteiger partial charge is 0.262 e. The van der Waals surface area contributed by atoms with Crippen molar-refractivity contribution in [3.8, 4) is 5.75 Å². The number of halogens is 2. The first-order valence-corrected chi connectivity index (χ1v) is 8.41. The van der Waals surface area contributed by atoms with Crippen molar-refractivity contribution in [3.05, 3.63) is 56.0 Å². The fraction of sp³-hybridized carbons (Fsp3) is 0.235. The van der Waals surface area contributed by atoms with E-state index >= 15 is 0 Å². The molecule has 0 atom stereocenters. The molecule has 116 valence electrons. The van der Waals surface area contributed by atoms with E-state index in [-0.39, 0.29) is 12.5 Å². The summed E-state index contributed by atoms with van der Waals surface area (Å²) in [6, 6.07) is 9.65. The molecule has 0 spiro atoms. The summed E-state index contributed by atoms with van der Waals surface area (Å²) in [5, 5.41) is 2.92. The number of nitrogens with one attached hydrogen (secondary N) is 1. The van der Waals surface area contributed by atoms with E-state index in [0.717, 1.165) is 25.8 Å². The Morgan fingerprint density at radius 2 is 1.73 bits per heavy atom. The van der Waals surface area contributed by atoms with Gasteiger partial charge < -0.3 is 10.1 Å². The number of aryl methyl sites for hydroxylation is 3. The number of amides is 1. The fourth-order valence-corrected chi connectivity index (χ4v) is 3.45. The maximum Gasteiger partial charge on any atom is 0.262 e. The quantitative estimate of drug-likeness (QED) is 0.733. The number of ether oxygens (including phenoxy) is 1. The lowest BCUT2D eigenvalue weighted by molar-refractivity contribution is -0.118. The molecule has 2 rings (SSSR count). The van der Waals surface area contributed by atoms with E-state index in [2.05, 4.69) is 49.3 Å². The van der Waals surface area contributed by atoms with Gasteiger partial charge in [-0.1, -0.05) is 33.6 Å². The Labute approximate surface area is 147 Å². The van der Waals surface area contributed by atoms with Crippen molar-refractivity contribution in [2.75, 3.05) is 11.9 Å². The molecule has 22 heavy (non-hydrogen) atoms. The Balaban J connectivity index is 2.02. The molecule has 0 saturated heterocycles. The molecule has 1 N–H and O–H groups in total. The van der Waals surface area contributed by atoms with Crippen LogP contribution in [0.4, 0.5) is 5.69 Å². The van der Waals surface area contributed by atoms with Gasteiger partial charge in [0.15, 0.2) is 6.61 Å². The zero-order chi connectivity index (χ0) is 16.3. The number of hydrogen-bond acceptors (Lipinski definition) is 2. The van der Waals surface area contributed by atoms with Crippen LogP contribution >= 0.6 is 31.9 Å². The van der Waals surface area contributed by atoms with Gasteiger partial charge in [0, 0.05) is 10.2 Å². The van der Waals surface area contributed by atoms with Crippen LogP contribution in [0, 0.1) is 20.8 Å². The summed E-state index contributed by atoms with van der Waals surface area (Å²) in [7, 11) is 0. The second-order valence-electron chi connectivity index (χ2n) is 5.19. The van der Waals surface area contributed by atoms with Crippen LogP contribution in [-0.2, 0) is 4.79 Å². The number of carbonyl (C=O) groups excluding carboxylic acids is 1. The van der Waals surface area contributed by atoms with Crippen LogP contribution in [0.25, 0.3) is 0 Å². The standard InChI is InChI=1S/C17H17Br2NO2/c1-10-6-11(2)17(12(3)7-10)20-16(21)9-22-15-5-4-13(18)8-14(15)19/h4-8H,9H2,1-3H3,(H,20,21). The van der Waals surface area contributed by atoms with E-state index in [1.165, 1.54) is 5.56 Å². The van der Waals surface area contributed by atoms with Crippen molar-refractivity contribution in [3.63, 3.8) is 0 Å². The molecule has 3 nitrogen and oxygen atoms in total. The monoisotopic (exact) mass is 425 g/mol. The third-order valence-electron chi connectivity index (χ3n) is 3.19. The van der Waals surface area contributed by atoms with Gasteiger partial charge in [-0.3, -0.25) is 4.79 Å². The molecular formula is C17H17Br2NO2. The highest BCUT2D eigenvalue weighted by atomic mass is 79.9. The number of carbonyl (C=O) groups is 1. The van der Waals surface area contributed by atoms with E-state index in [1.54, 1.807) is 0 Å². The van der Waals surface area contributed by atoms with Crippen LogP contribution in [0.5, 0.6) is 5.75 Å². The molecule has 0 heterocycles. The Kier molecular flexibility index (Phi) is 5.64. The molecule has 1 amide bonds. The molecule has 0 unspecified atom stereocenters. The van der Waals surface area contributed by atoms with E-state index in [9.17, 15) is 4.79 Å². The molecule has 0 aromatic heterocycles. The Morgan fingerprint density at radius 1 is 1.09 bits per heavy atom. The second-order valence-corrected chi connectivity index (χ2v) is 6.96. The summed E-state index contributed by atoms with van der Waals surface area (Å²) >= 11 is 6.79. The maximum absolute atomic E-state index is 12.1. The van der Waals surface area contributed by atoms with Gasteiger partial charge in [-0.05, 0) is 66.0 Å². The zero-order valence-electron chi connectivity index (χ0n) is 12.7. The van der Waals surface area contributed by atoms with Gasteiger partial charge in [-0.15, -0.1) is 0 Å². The summed E-state index contributed by atoms with van der Waals surface area (Å²) in [6.45, 7) is 5.98. The van der Waals surface area contributed by atoms with E-state index in [4.69, 9.17) is 4.74 Å². The molecule has 0 bridgehead atoms. The molecule has 5 heteroatoms. The highest BCUT2D eigenvalue weighted by Crippen LogP contribution is 2.28. The minimum Gasteiger partial charge on any atom is -0.483 e. The Bertz CT molecular complexity index is 691. The molecule has 0 aliphatic carbocycles. The topological polar surface area (TPSA) is 38.3 Å². The lowest BCUT2D eigenvalue weighted by atomic mass is 10.1. The minimum atomic E-state index is -0.176. The molecule has 0 fully saturated rings. The number of benzene rings is 2. The van der Waals surface area contributed by atoms with Gasteiger partial charge in [0.25, 0.3) is 5.91 Å². The SMILES string of the molecule is Cc1cc(C)c(NC(=O)COc2ccc(Br)cc2Br)c(C)c1. The summed E-state index contributed by atoms with van der Waals surface area (Å²) in [4.78, 5) is 12.1. The lowest BCUT2D eigenvalue weighted by Crippen LogP contribution is -2.21. The highest BCUT2D eigenvalue weighted by Gasteiger charge is 2.10. The van der Waals surface area contributed by atoms with Crippen LogP contribution in [0.15, 0.2) is 39.3 Å². The summed E-state index contributed by atoms with van der Waals surface area (Å²) < 4.78 is 7.30. The molecule has 0 aliphatic rings. The van der Waals surface area contributed by atoms with Crippen LogP contribution in [0.3, 0.4) is 0 Å². The first kappa shape index (κ1) is 17.0. The summed E-state index contributed by atoms with van der Waals surface area (Å²) in [5.74, 6) is 0.459. The minimum absolute atomic E-state index is 0.0347. The van der Waals surface area contributed by atoms with Gasteiger partial charge in [-0.2, -0.15) is 0 Å². The van der Waals surface area contributed by atoms with Gasteiger partial charge >= 0.3 is 0 Å². The number of hydrogen-bond donors (Lipinski definition) is 1. The van der Waals surface area contributed by atoms with E-state index in [1.807, 2.05) is 39.0 Å². The second kappa shape index (κ2) is 7.29. The number of anilines is 1. The summed E-state index contributed by atoms with van der Waals surface area (Å²) in [6.07, 6.45) is 0. The molecule has 2 aromatic rings. The molecule has 0 saturated carbocycles. The molecule has 0 radical (unpaired) electrons. The summed E-state index contributed by atoms with van der Waals surface area (Å²) in [5.41, 5.74) is 4.14. The van der Waals surface area contributed by atoms with E-state index in [0.29, 0.717) is 5.75 Å². The Morgan fingerprint density at radius 3 is 2.32 bits per heavy atom. The van der Waals surface area contributed by atoms with Crippen molar-refractivity contribution < 1.29 is 9.53 Å². The normalized spacial score (nSPS) is 10.4. The van der Waals surface area contributed by atoms with Gasteiger partial charge in [-0.25, -0.2) is 0 Å². The lowest BCUT2D eigenvalue weighted by Gasteiger charge is -2.13. The van der Waals surface area contributed by atoms with Crippen molar-refractivity contribution in [2.24, 2.45) is 0 Å².